The fourth-order valence-corrected chi connectivity index (χ4v) is 4.65. The monoisotopic (exact) mass is 498 g/mol. The first kappa shape index (κ1) is 25.8. The summed E-state index contributed by atoms with van der Waals surface area (Å²) < 4.78 is 38.4. The molecule has 0 bridgehead atoms. The fraction of sp³-hybridized carbons (Fsp3) is 0.280. The van der Waals surface area contributed by atoms with Crippen molar-refractivity contribution in [3.8, 4) is 17.2 Å². The van der Waals surface area contributed by atoms with Crippen molar-refractivity contribution in [2.75, 3.05) is 31.3 Å². The minimum absolute atomic E-state index is 0.219. The number of nitrogens with zero attached hydrogens (tertiary/aromatic N) is 3. The SMILES string of the molecule is COc1ccc(N(CC(=O)N/N=C\c2cc(C)n(-c3cccc(C)c3)c2C)S(C)(=O)=O)c(OC)c1. The molecule has 0 aliphatic heterocycles. The minimum Gasteiger partial charge on any atom is -0.497 e. The van der Waals surface area contributed by atoms with Gasteiger partial charge in [-0.05, 0) is 56.7 Å². The number of anilines is 1. The number of methoxy groups -OCH3 is 2. The summed E-state index contributed by atoms with van der Waals surface area (Å²) >= 11 is 0. The number of aromatic nitrogens is 1. The van der Waals surface area contributed by atoms with Crippen LogP contribution in [0.5, 0.6) is 11.5 Å². The van der Waals surface area contributed by atoms with E-state index in [4.69, 9.17) is 9.47 Å². The van der Waals surface area contributed by atoms with Crippen molar-refractivity contribution < 1.29 is 22.7 Å². The molecule has 0 saturated heterocycles. The molecule has 2 aromatic carbocycles. The van der Waals surface area contributed by atoms with Crippen LogP contribution in [0.15, 0.2) is 53.6 Å². The summed E-state index contributed by atoms with van der Waals surface area (Å²) in [6.07, 6.45) is 2.57. The van der Waals surface area contributed by atoms with E-state index < -0.39 is 22.5 Å². The van der Waals surface area contributed by atoms with Gasteiger partial charge in [-0.1, -0.05) is 12.1 Å². The molecule has 0 fully saturated rings. The van der Waals surface area contributed by atoms with Crippen molar-refractivity contribution >= 4 is 27.8 Å². The first-order chi connectivity index (χ1) is 16.5. The molecule has 1 amide bonds. The van der Waals surface area contributed by atoms with E-state index in [9.17, 15) is 13.2 Å². The van der Waals surface area contributed by atoms with E-state index in [-0.39, 0.29) is 11.4 Å². The molecule has 0 aliphatic carbocycles. The Morgan fingerprint density at radius 1 is 1.09 bits per heavy atom. The second-order valence-corrected chi connectivity index (χ2v) is 10.0. The van der Waals surface area contributed by atoms with E-state index >= 15 is 0 Å². The Morgan fingerprint density at radius 2 is 1.83 bits per heavy atom. The number of benzene rings is 2. The van der Waals surface area contributed by atoms with Gasteiger partial charge in [-0.25, -0.2) is 13.8 Å². The molecule has 1 heterocycles. The van der Waals surface area contributed by atoms with E-state index in [1.54, 1.807) is 18.3 Å². The highest BCUT2D eigenvalue weighted by atomic mass is 32.2. The highest BCUT2D eigenvalue weighted by molar-refractivity contribution is 7.92. The molecule has 0 spiro atoms. The molecule has 0 radical (unpaired) electrons. The van der Waals surface area contributed by atoms with Crippen molar-refractivity contribution in [1.82, 2.24) is 9.99 Å². The van der Waals surface area contributed by atoms with Crippen LogP contribution >= 0.6 is 0 Å². The second kappa shape index (κ2) is 10.6. The Balaban J connectivity index is 1.78. The third-order valence-electron chi connectivity index (χ3n) is 5.47. The van der Waals surface area contributed by atoms with Gasteiger partial charge in [0.1, 0.15) is 18.0 Å². The zero-order valence-electron chi connectivity index (χ0n) is 20.7. The number of amides is 1. The third-order valence-corrected chi connectivity index (χ3v) is 6.59. The van der Waals surface area contributed by atoms with Crippen LogP contribution < -0.4 is 19.2 Å². The Bertz CT molecular complexity index is 1360. The van der Waals surface area contributed by atoms with Gasteiger partial charge in [0, 0.05) is 28.7 Å². The normalized spacial score (nSPS) is 11.5. The molecular weight excluding hydrogens is 468 g/mol. The van der Waals surface area contributed by atoms with Crippen LogP contribution in [-0.4, -0.2) is 52.1 Å². The maximum absolute atomic E-state index is 12.6. The summed E-state index contributed by atoms with van der Waals surface area (Å²) in [6.45, 7) is 5.54. The Hall–Kier alpha value is -3.79. The number of carbonyl (C=O) groups excluding carboxylic acids is 1. The Kier molecular flexibility index (Phi) is 7.85. The summed E-state index contributed by atoms with van der Waals surface area (Å²) in [6, 6.07) is 14.8. The Labute approximate surface area is 206 Å². The molecule has 35 heavy (non-hydrogen) atoms. The van der Waals surface area contributed by atoms with Gasteiger partial charge in [-0.3, -0.25) is 9.10 Å². The van der Waals surface area contributed by atoms with E-state index in [2.05, 4.69) is 21.2 Å². The third kappa shape index (κ3) is 6.02. The fourth-order valence-electron chi connectivity index (χ4n) is 3.79. The lowest BCUT2D eigenvalue weighted by molar-refractivity contribution is -0.119. The summed E-state index contributed by atoms with van der Waals surface area (Å²) in [5, 5.41) is 4.06. The highest BCUT2D eigenvalue weighted by Gasteiger charge is 2.24. The molecular formula is C25H30N4O5S. The summed E-state index contributed by atoms with van der Waals surface area (Å²) in [5.74, 6) is 0.156. The van der Waals surface area contributed by atoms with Crippen molar-refractivity contribution in [3.05, 3.63) is 71.0 Å². The molecule has 3 rings (SSSR count). The largest absolute Gasteiger partial charge is 0.497 e. The van der Waals surface area contributed by atoms with Gasteiger partial charge in [0.2, 0.25) is 10.0 Å². The van der Waals surface area contributed by atoms with Gasteiger partial charge >= 0.3 is 0 Å². The van der Waals surface area contributed by atoms with E-state index in [0.29, 0.717) is 5.75 Å². The smallest absolute Gasteiger partial charge is 0.260 e. The number of hydrazone groups is 1. The Morgan fingerprint density at radius 3 is 2.46 bits per heavy atom. The van der Waals surface area contributed by atoms with Crippen LogP contribution in [0, 0.1) is 20.8 Å². The number of hydrogen-bond donors (Lipinski definition) is 1. The van der Waals surface area contributed by atoms with Crippen molar-refractivity contribution in [2.45, 2.75) is 20.8 Å². The molecule has 1 N–H and O–H groups in total. The topological polar surface area (TPSA) is 102 Å². The quantitative estimate of drug-likeness (QED) is 0.360. The standard InChI is InChI=1S/C25H30N4O5S/c1-17-8-7-9-21(12-17)29-18(2)13-20(19(29)3)15-26-27-25(30)16-28(35(6,31)32)23-11-10-22(33-4)14-24(23)34-5/h7-15H,16H2,1-6H3,(H,27,30)/b26-15-. The van der Waals surface area contributed by atoms with Crippen molar-refractivity contribution in [3.63, 3.8) is 0 Å². The van der Waals surface area contributed by atoms with Gasteiger partial charge in [0.15, 0.2) is 0 Å². The van der Waals surface area contributed by atoms with Gasteiger partial charge in [-0.2, -0.15) is 5.10 Å². The molecule has 0 unspecified atom stereocenters. The molecule has 186 valence electrons. The van der Waals surface area contributed by atoms with Gasteiger partial charge in [0.05, 0.1) is 32.4 Å². The zero-order valence-corrected chi connectivity index (χ0v) is 21.5. The maximum atomic E-state index is 12.6. The molecule has 10 heteroatoms. The second-order valence-electron chi connectivity index (χ2n) is 8.10. The van der Waals surface area contributed by atoms with Crippen molar-refractivity contribution in [2.24, 2.45) is 5.10 Å². The van der Waals surface area contributed by atoms with Crippen LogP contribution in [0.4, 0.5) is 5.69 Å². The van der Waals surface area contributed by atoms with E-state index in [0.717, 1.165) is 38.8 Å². The molecule has 0 atom stereocenters. The number of carbonyl (C=O) groups is 1. The van der Waals surface area contributed by atoms with E-state index in [1.165, 1.54) is 20.3 Å². The highest BCUT2D eigenvalue weighted by Crippen LogP contribution is 2.33. The lowest BCUT2D eigenvalue weighted by Gasteiger charge is -2.23. The summed E-state index contributed by atoms with van der Waals surface area (Å²) in [4.78, 5) is 12.6. The number of ether oxygens (including phenoxy) is 2. The van der Waals surface area contributed by atoms with Crippen LogP contribution in [0.3, 0.4) is 0 Å². The van der Waals surface area contributed by atoms with Gasteiger partial charge in [-0.15, -0.1) is 0 Å². The van der Waals surface area contributed by atoms with Crippen LogP contribution in [-0.2, 0) is 14.8 Å². The molecule has 3 aromatic rings. The van der Waals surface area contributed by atoms with Gasteiger partial charge in [0.25, 0.3) is 5.91 Å². The summed E-state index contributed by atoms with van der Waals surface area (Å²) in [7, 11) is -0.884. The first-order valence-electron chi connectivity index (χ1n) is 10.8. The summed E-state index contributed by atoms with van der Waals surface area (Å²) in [5.41, 5.74) is 7.66. The zero-order chi connectivity index (χ0) is 25.8. The average molecular weight is 499 g/mol. The average Bonchev–Trinajstić information content (AvgIpc) is 3.09. The van der Waals surface area contributed by atoms with Crippen LogP contribution in [0.25, 0.3) is 5.69 Å². The first-order valence-corrected chi connectivity index (χ1v) is 12.7. The number of hydrogen-bond acceptors (Lipinski definition) is 6. The van der Waals surface area contributed by atoms with Crippen LogP contribution in [0.1, 0.15) is 22.5 Å². The van der Waals surface area contributed by atoms with E-state index in [1.807, 2.05) is 45.0 Å². The van der Waals surface area contributed by atoms with Gasteiger partial charge < -0.3 is 14.0 Å². The lowest BCUT2D eigenvalue weighted by Crippen LogP contribution is -2.39. The predicted molar refractivity (Wildman–Crippen MR) is 137 cm³/mol. The molecule has 9 nitrogen and oxygen atoms in total. The number of nitrogens with one attached hydrogen (secondary N) is 1. The molecule has 1 aromatic heterocycles. The number of rotatable bonds is 9. The van der Waals surface area contributed by atoms with Crippen LogP contribution in [0.2, 0.25) is 0 Å². The van der Waals surface area contributed by atoms with Crippen molar-refractivity contribution in [1.29, 1.82) is 0 Å². The predicted octanol–water partition coefficient (Wildman–Crippen LogP) is 3.34. The lowest BCUT2D eigenvalue weighted by atomic mass is 10.2. The maximum Gasteiger partial charge on any atom is 0.260 e. The number of sulfonamides is 1. The number of aryl methyl sites for hydroxylation is 2. The minimum atomic E-state index is -3.79. The molecule has 0 saturated carbocycles. The molecule has 0 aliphatic rings.